The molecule has 1 unspecified atom stereocenters. The number of aromatic amines is 1. The smallest absolute Gasteiger partial charge is 0.260 e. The molecule has 2 aromatic carbocycles. The standard InChI is InChI=1S/C18H15ClN6O2S/c1-10-15(21-18-12-7-3-5-9-14(12)23-24-18)20-17(22-16(10)25-28(26)27)11-6-2-4-8-13(11)19/h2-9H,1H3,(H,26,27)(H3,20,21,22,23,24,25). The number of anilines is 3. The van der Waals surface area contributed by atoms with Gasteiger partial charge in [0.2, 0.25) is 0 Å². The third-order valence-corrected chi connectivity index (χ3v) is 4.85. The molecule has 4 N–H and O–H groups in total. The van der Waals surface area contributed by atoms with E-state index in [4.69, 9.17) is 11.6 Å². The van der Waals surface area contributed by atoms with Crippen LogP contribution in [0, 0.1) is 6.92 Å². The first-order valence-corrected chi connectivity index (χ1v) is 9.72. The van der Waals surface area contributed by atoms with Crippen molar-refractivity contribution in [2.75, 3.05) is 10.0 Å². The predicted octanol–water partition coefficient (Wildman–Crippen LogP) is 4.27. The molecule has 28 heavy (non-hydrogen) atoms. The zero-order valence-corrected chi connectivity index (χ0v) is 16.2. The van der Waals surface area contributed by atoms with Crippen LogP contribution in [0.3, 0.4) is 0 Å². The Morgan fingerprint density at radius 2 is 1.75 bits per heavy atom. The number of halogens is 1. The summed E-state index contributed by atoms with van der Waals surface area (Å²) in [4.78, 5) is 8.94. The molecule has 1 atom stereocenters. The summed E-state index contributed by atoms with van der Waals surface area (Å²) in [7, 11) is 0. The molecular weight excluding hydrogens is 400 g/mol. The van der Waals surface area contributed by atoms with Crippen LogP contribution >= 0.6 is 11.6 Å². The Morgan fingerprint density at radius 1 is 1.04 bits per heavy atom. The quantitative estimate of drug-likeness (QED) is 0.362. The van der Waals surface area contributed by atoms with Crippen molar-refractivity contribution in [3.63, 3.8) is 0 Å². The van der Waals surface area contributed by atoms with Gasteiger partial charge in [0.15, 0.2) is 11.6 Å². The van der Waals surface area contributed by atoms with Crippen molar-refractivity contribution < 1.29 is 8.76 Å². The molecular formula is C18H15ClN6O2S. The van der Waals surface area contributed by atoms with Crippen molar-refractivity contribution in [2.24, 2.45) is 0 Å². The lowest BCUT2D eigenvalue weighted by atomic mass is 10.2. The maximum Gasteiger partial charge on any atom is 0.260 e. The van der Waals surface area contributed by atoms with Gasteiger partial charge in [0.05, 0.1) is 10.5 Å². The van der Waals surface area contributed by atoms with E-state index in [0.717, 1.165) is 10.9 Å². The summed E-state index contributed by atoms with van der Waals surface area (Å²) in [6, 6.07) is 14.8. The zero-order chi connectivity index (χ0) is 19.7. The monoisotopic (exact) mass is 414 g/mol. The SMILES string of the molecule is Cc1c(Nc2n[nH]c3ccccc23)nc(-c2ccccc2Cl)nc1NS(=O)O. The van der Waals surface area contributed by atoms with E-state index in [-0.39, 0.29) is 5.82 Å². The van der Waals surface area contributed by atoms with Gasteiger partial charge in [-0.05, 0) is 31.2 Å². The van der Waals surface area contributed by atoms with Crippen LogP contribution in [-0.2, 0) is 11.3 Å². The number of benzene rings is 2. The average molecular weight is 415 g/mol. The van der Waals surface area contributed by atoms with Crippen LogP contribution in [0.2, 0.25) is 5.02 Å². The van der Waals surface area contributed by atoms with Crippen molar-refractivity contribution in [3.8, 4) is 11.4 Å². The van der Waals surface area contributed by atoms with E-state index in [1.54, 1.807) is 25.1 Å². The second kappa shape index (κ2) is 7.55. The predicted molar refractivity (Wildman–Crippen MR) is 111 cm³/mol. The fraction of sp³-hybridized carbons (Fsp3) is 0.0556. The summed E-state index contributed by atoms with van der Waals surface area (Å²) in [5.41, 5.74) is 2.04. The summed E-state index contributed by atoms with van der Waals surface area (Å²) in [6.07, 6.45) is 0. The number of H-pyrrole nitrogens is 1. The lowest BCUT2D eigenvalue weighted by Gasteiger charge is -2.13. The number of nitrogens with one attached hydrogen (secondary N) is 3. The second-order valence-corrected chi connectivity index (χ2v) is 7.05. The van der Waals surface area contributed by atoms with Crippen molar-refractivity contribution >= 4 is 51.2 Å². The summed E-state index contributed by atoms with van der Waals surface area (Å²) >= 11 is 3.99. The van der Waals surface area contributed by atoms with E-state index in [1.807, 2.05) is 30.3 Å². The number of fused-ring (bicyclic) bond motifs is 1. The molecule has 0 bridgehead atoms. The van der Waals surface area contributed by atoms with Gasteiger partial charge < -0.3 is 5.32 Å². The molecule has 0 amide bonds. The van der Waals surface area contributed by atoms with Crippen LogP contribution in [0.5, 0.6) is 0 Å². The molecule has 0 aliphatic rings. The van der Waals surface area contributed by atoms with E-state index in [9.17, 15) is 8.76 Å². The first kappa shape index (κ1) is 18.4. The molecule has 0 fully saturated rings. The van der Waals surface area contributed by atoms with Crippen molar-refractivity contribution in [1.29, 1.82) is 0 Å². The fourth-order valence-corrected chi connectivity index (χ4v) is 3.34. The average Bonchev–Trinajstić information content (AvgIpc) is 3.08. The van der Waals surface area contributed by atoms with E-state index in [1.165, 1.54) is 0 Å². The van der Waals surface area contributed by atoms with E-state index in [0.29, 0.717) is 33.6 Å². The Kier molecular flexibility index (Phi) is 4.95. The summed E-state index contributed by atoms with van der Waals surface area (Å²) in [6.45, 7) is 1.74. The maximum atomic E-state index is 11.3. The van der Waals surface area contributed by atoms with Gasteiger partial charge in [-0.15, -0.1) is 0 Å². The maximum absolute atomic E-state index is 11.3. The summed E-state index contributed by atoms with van der Waals surface area (Å²) in [5.74, 6) is 1.55. The number of para-hydroxylation sites is 1. The zero-order valence-electron chi connectivity index (χ0n) is 14.6. The largest absolute Gasteiger partial charge is 0.323 e. The highest BCUT2D eigenvalue weighted by Crippen LogP contribution is 2.32. The third kappa shape index (κ3) is 3.55. The molecule has 2 aromatic heterocycles. The van der Waals surface area contributed by atoms with Gasteiger partial charge in [-0.3, -0.25) is 14.4 Å². The number of aromatic nitrogens is 4. The molecule has 2 heterocycles. The van der Waals surface area contributed by atoms with Gasteiger partial charge in [0.25, 0.3) is 11.3 Å². The topological polar surface area (TPSA) is 116 Å². The minimum atomic E-state index is -2.29. The number of rotatable bonds is 5. The second-order valence-electron chi connectivity index (χ2n) is 5.94. The van der Waals surface area contributed by atoms with Gasteiger partial charge in [-0.1, -0.05) is 35.9 Å². The number of hydrogen-bond acceptors (Lipinski definition) is 5. The lowest BCUT2D eigenvalue weighted by Crippen LogP contribution is -2.10. The summed E-state index contributed by atoms with van der Waals surface area (Å²) in [5, 5.41) is 11.8. The Bertz CT molecular complexity index is 1200. The third-order valence-electron chi connectivity index (χ3n) is 4.15. The number of nitrogens with zero attached hydrogens (tertiary/aromatic N) is 3. The first-order chi connectivity index (χ1) is 13.5. The molecule has 0 saturated heterocycles. The van der Waals surface area contributed by atoms with Gasteiger partial charge >= 0.3 is 0 Å². The number of hydrogen-bond donors (Lipinski definition) is 4. The van der Waals surface area contributed by atoms with Crippen LogP contribution in [0.1, 0.15) is 5.56 Å². The van der Waals surface area contributed by atoms with E-state index >= 15 is 0 Å². The molecule has 0 saturated carbocycles. The molecule has 0 aliphatic heterocycles. The Hall–Kier alpha value is -3.01. The van der Waals surface area contributed by atoms with Crippen LogP contribution in [-0.4, -0.2) is 28.9 Å². The summed E-state index contributed by atoms with van der Waals surface area (Å²) < 4.78 is 23.0. The van der Waals surface area contributed by atoms with Crippen LogP contribution in [0.15, 0.2) is 48.5 Å². The highest BCUT2D eigenvalue weighted by molar-refractivity contribution is 7.80. The fourth-order valence-electron chi connectivity index (χ4n) is 2.75. The van der Waals surface area contributed by atoms with Crippen molar-refractivity contribution in [1.82, 2.24) is 20.2 Å². The Balaban J connectivity index is 1.84. The van der Waals surface area contributed by atoms with Gasteiger partial charge in [0, 0.05) is 16.5 Å². The lowest BCUT2D eigenvalue weighted by molar-refractivity contribution is 0.570. The highest BCUT2D eigenvalue weighted by Gasteiger charge is 2.17. The van der Waals surface area contributed by atoms with Crippen LogP contribution in [0.25, 0.3) is 22.3 Å². The van der Waals surface area contributed by atoms with Gasteiger partial charge in [0.1, 0.15) is 11.6 Å². The Labute approximate surface area is 167 Å². The van der Waals surface area contributed by atoms with E-state index < -0.39 is 11.3 Å². The van der Waals surface area contributed by atoms with Crippen molar-refractivity contribution in [3.05, 3.63) is 59.1 Å². The van der Waals surface area contributed by atoms with Crippen LogP contribution < -0.4 is 10.0 Å². The molecule has 0 aliphatic carbocycles. The molecule has 4 rings (SSSR count). The molecule has 10 heteroatoms. The first-order valence-electron chi connectivity index (χ1n) is 8.24. The molecule has 0 radical (unpaired) electrons. The minimum Gasteiger partial charge on any atom is -0.323 e. The molecule has 4 aromatic rings. The molecule has 142 valence electrons. The van der Waals surface area contributed by atoms with Crippen LogP contribution in [0.4, 0.5) is 17.5 Å². The Morgan fingerprint density at radius 3 is 2.54 bits per heavy atom. The highest BCUT2D eigenvalue weighted by atomic mass is 35.5. The van der Waals surface area contributed by atoms with Crippen molar-refractivity contribution in [2.45, 2.75) is 6.92 Å². The van der Waals surface area contributed by atoms with Gasteiger partial charge in [-0.25, -0.2) is 14.2 Å². The van der Waals surface area contributed by atoms with Gasteiger partial charge in [-0.2, -0.15) is 5.10 Å². The molecule has 8 nitrogen and oxygen atoms in total. The molecule has 0 spiro atoms. The normalized spacial score (nSPS) is 12.1. The van der Waals surface area contributed by atoms with E-state index in [2.05, 4.69) is 30.2 Å². The minimum absolute atomic E-state index is 0.216.